The van der Waals surface area contributed by atoms with Crippen LogP contribution in [0, 0.1) is 17.7 Å². The molecule has 3 heterocycles. The molecule has 1 saturated carbocycles. The third-order valence-electron chi connectivity index (χ3n) is 7.74. The van der Waals surface area contributed by atoms with Gasteiger partial charge >= 0.3 is 6.01 Å². The lowest BCUT2D eigenvalue weighted by Gasteiger charge is -2.36. The molecule has 35 heavy (non-hydrogen) atoms. The second kappa shape index (κ2) is 7.61. The zero-order valence-corrected chi connectivity index (χ0v) is 19.3. The Morgan fingerprint density at radius 1 is 1.14 bits per heavy atom. The standard InChI is InChI=1S/C27H25FN6O/c1-30-23-9-16(28)8-19-18(23)11-24-25(19)26(34-12-15-7-21(29)20(15)13-34)33-27(32-24)35-17-5-4-14-3-2-6-31-22(14)10-17/h2-6,8-10,15,20-21,30H,7,11-13,29H2,1H3/t15-,20+,21-/m1/s1. The topological polar surface area (TPSA) is 89.2 Å². The van der Waals surface area contributed by atoms with E-state index in [0.29, 0.717) is 24.0 Å². The number of nitrogens with two attached hydrogens (primary N) is 1. The summed E-state index contributed by atoms with van der Waals surface area (Å²) >= 11 is 0. The average Bonchev–Trinajstić information content (AvgIpc) is 3.40. The number of anilines is 2. The Balaban J connectivity index is 1.33. The predicted molar refractivity (Wildman–Crippen MR) is 133 cm³/mol. The molecule has 2 aromatic carbocycles. The highest BCUT2D eigenvalue weighted by atomic mass is 19.1. The molecule has 0 amide bonds. The van der Waals surface area contributed by atoms with Gasteiger partial charge in [-0.2, -0.15) is 9.97 Å². The third kappa shape index (κ3) is 3.24. The third-order valence-corrected chi connectivity index (χ3v) is 7.74. The van der Waals surface area contributed by atoms with Crippen molar-refractivity contribution in [2.24, 2.45) is 17.6 Å². The summed E-state index contributed by atoms with van der Waals surface area (Å²) in [5.74, 6) is 2.20. The van der Waals surface area contributed by atoms with Crippen LogP contribution in [0.15, 0.2) is 48.7 Å². The van der Waals surface area contributed by atoms with Gasteiger partial charge in [0, 0.05) is 61.5 Å². The van der Waals surface area contributed by atoms with Crippen molar-refractivity contribution >= 4 is 22.4 Å². The van der Waals surface area contributed by atoms with Crippen LogP contribution < -0.4 is 20.7 Å². The predicted octanol–water partition coefficient (Wildman–Crippen LogP) is 4.35. The molecule has 8 heteroatoms. The normalized spacial score (nSPS) is 21.9. The van der Waals surface area contributed by atoms with Crippen molar-refractivity contribution in [2.45, 2.75) is 18.9 Å². The molecule has 3 atom stereocenters. The number of halogens is 1. The zero-order valence-electron chi connectivity index (χ0n) is 19.3. The second-order valence-corrected chi connectivity index (χ2v) is 9.75. The van der Waals surface area contributed by atoms with Gasteiger partial charge < -0.3 is 20.7 Å². The maximum Gasteiger partial charge on any atom is 0.324 e. The maximum atomic E-state index is 14.6. The van der Waals surface area contributed by atoms with Crippen LogP contribution in [0.25, 0.3) is 22.0 Å². The van der Waals surface area contributed by atoms with Crippen LogP contribution in [-0.2, 0) is 6.42 Å². The summed E-state index contributed by atoms with van der Waals surface area (Å²) in [6, 6.07) is 13.4. The highest BCUT2D eigenvalue weighted by molar-refractivity contribution is 5.88. The van der Waals surface area contributed by atoms with E-state index in [1.807, 2.05) is 37.4 Å². The van der Waals surface area contributed by atoms with Gasteiger partial charge in [-0.15, -0.1) is 0 Å². The molecule has 0 unspecified atom stereocenters. The van der Waals surface area contributed by atoms with Crippen molar-refractivity contribution in [3.63, 3.8) is 0 Å². The van der Waals surface area contributed by atoms with Crippen LogP contribution >= 0.6 is 0 Å². The molecule has 0 bridgehead atoms. The van der Waals surface area contributed by atoms with E-state index in [9.17, 15) is 4.39 Å². The van der Waals surface area contributed by atoms with Crippen molar-refractivity contribution < 1.29 is 9.13 Å². The second-order valence-electron chi connectivity index (χ2n) is 9.75. The van der Waals surface area contributed by atoms with Crippen LogP contribution in [0.5, 0.6) is 11.8 Å². The van der Waals surface area contributed by atoms with E-state index in [1.54, 1.807) is 12.3 Å². The summed E-state index contributed by atoms with van der Waals surface area (Å²) in [6.45, 7) is 1.74. The smallest absolute Gasteiger partial charge is 0.324 e. The van der Waals surface area contributed by atoms with E-state index < -0.39 is 0 Å². The van der Waals surface area contributed by atoms with Crippen molar-refractivity contribution in [2.75, 3.05) is 30.4 Å². The Hall–Kier alpha value is -3.78. The van der Waals surface area contributed by atoms with Crippen LogP contribution in [0.4, 0.5) is 15.9 Å². The van der Waals surface area contributed by atoms with Crippen molar-refractivity contribution in [1.29, 1.82) is 0 Å². The lowest BCUT2D eigenvalue weighted by atomic mass is 9.72. The van der Waals surface area contributed by atoms with Gasteiger partial charge in [0.2, 0.25) is 0 Å². The van der Waals surface area contributed by atoms with Gasteiger partial charge in [0.05, 0.1) is 11.2 Å². The molecule has 3 aliphatic rings. The Kier molecular flexibility index (Phi) is 4.48. The van der Waals surface area contributed by atoms with Crippen molar-refractivity contribution in [3.05, 3.63) is 65.7 Å². The molecule has 1 saturated heterocycles. The lowest BCUT2D eigenvalue weighted by molar-refractivity contribution is 0.194. The summed E-state index contributed by atoms with van der Waals surface area (Å²) in [5.41, 5.74) is 11.5. The Labute approximate surface area is 202 Å². The number of hydrogen-bond donors (Lipinski definition) is 2. The molecule has 176 valence electrons. The summed E-state index contributed by atoms with van der Waals surface area (Å²) < 4.78 is 20.7. The van der Waals surface area contributed by atoms with E-state index in [1.165, 1.54) is 6.07 Å². The summed E-state index contributed by atoms with van der Waals surface area (Å²) in [7, 11) is 1.81. The minimum absolute atomic E-state index is 0.237. The minimum Gasteiger partial charge on any atom is -0.424 e. The molecule has 3 N–H and O–H groups in total. The molecular weight excluding hydrogens is 443 g/mol. The quantitative estimate of drug-likeness (QED) is 0.405. The number of ether oxygens (including phenoxy) is 1. The molecule has 7 rings (SSSR count). The van der Waals surface area contributed by atoms with Gasteiger partial charge in [-0.1, -0.05) is 6.07 Å². The number of benzene rings is 2. The molecule has 0 radical (unpaired) electrons. The van der Waals surface area contributed by atoms with Crippen LogP contribution in [0.3, 0.4) is 0 Å². The molecule has 0 spiro atoms. The van der Waals surface area contributed by atoms with E-state index in [2.05, 4.69) is 15.2 Å². The molecule has 4 aromatic rings. The van der Waals surface area contributed by atoms with Gasteiger partial charge in [0.15, 0.2) is 0 Å². The monoisotopic (exact) mass is 468 g/mol. The summed E-state index contributed by atoms with van der Waals surface area (Å²) in [6.07, 6.45) is 3.39. The first kappa shape index (κ1) is 20.6. The number of nitrogens with zero attached hydrogens (tertiary/aromatic N) is 4. The van der Waals surface area contributed by atoms with Crippen molar-refractivity contribution in [1.82, 2.24) is 15.0 Å². The fraction of sp³-hybridized carbons (Fsp3) is 0.296. The van der Waals surface area contributed by atoms with Gasteiger partial charge in [-0.25, -0.2) is 4.39 Å². The van der Waals surface area contributed by atoms with Gasteiger partial charge in [-0.05, 0) is 59.7 Å². The fourth-order valence-corrected chi connectivity index (χ4v) is 5.94. The Bertz CT molecular complexity index is 1490. The number of hydrogen-bond acceptors (Lipinski definition) is 7. The molecule has 1 aliphatic heterocycles. The van der Waals surface area contributed by atoms with Gasteiger partial charge in [0.25, 0.3) is 0 Å². The van der Waals surface area contributed by atoms with E-state index in [-0.39, 0.29) is 17.9 Å². The van der Waals surface area contributed by atoms with Crippen LogP contribution in [0.1, 0.15) is 17.7 Å². The first-order valence-corrected chi connectivity index (χ1v) is 12.0. The average molecular weight is 469 g/mol. The fourth-order valence-electron chi connectivity index (χ4n) is 5.94. The van der Waals surface area contributed by atoms with E-state index >= 15 is 0 Å². The highest BCUT2D eigenvalue weighted by Crippen LogP contribution is 2.48. The van der Waals surface area contributed by atoms with E-state index in [4.69, 9.17) is 20.4 Å². The number of fused-ring (bicyclic) bond motifs is 5. The zero-order chi connectivity index (χ0) is 23.7. The molecule has 7 nitrogen and oxygen atoms in total. The SMILES string of the molecule is CNc1cc(F)cc2c1Cc1nc(Oc3ccc4cccnc4c3)nc(N3C[C@H]4C[C@@H](N)[C@H]4C3)c1-2. The summed E-state index contributed by atoms with van der Waals surface area (Å²) in [4.78, 5) is 16.4. The molecule has 2 fully saturated rings. The minimum atomic E-state index is -0.278. The first-order chi connectivity index (χ1) is 17.1. The maximum absolute atomic E-state index is 14.6. The highest BCUT2D eigenvalue weighted by Gasteiger charge is 2.46. The number of aromatic nitrogens is 3. The lowest BCUT2D eigenvalue weighted by Crippen LogP contribution is -2.46. The Morgan fingerprint density at radius 2 is 2.06 bits per heavy atom. The largest absolute Gasteiger partial charge is 0.424 e. The molecular formula is C27H25FN6O. The summed E-state index contributed by atoms with van der Waals surface area (Å²) in [5, 5.41) is 4.18. The van der Waals surface area contributed by atoms with Crippen LogP contribution in [0.2, 0.25) is 0 Å². The first-order valence-electron chi connectivity index (χ1n) is 12.0. The van der Waals surface area contributed by atoms with E-state index in [0.717, 1.165) is 64.3 Å². The molecule has 2 aromatic heterocycles. The number of rotatable bonds is 4. The molecule has 2 aliphatic carbocycles. The number of nitrogens with one attached hydrogen (secondary N) is 1. The van der Waals surface area contributed by atoms with Gasteiger partial charge in [0.1, 0.15) is 17.4 Å². The van der Waals surface area contributed by atoms with Crippen LogP contribution in [-0.4, -0.2) is 41.1 Å². The van der Waals surface area contributed by atoms with Crippen molar-refractivity contribution in [3.8, 4) is 22.9 Å². The Morgan fingerprint density at radius 3 is 2.89 bits per heavy atom. The van der Waals surface area contributed by atoms with Gasteiger partial charge in [-0.3, -0.25) is 4.98 Å². The number of pyridine rings is 1.